The minimum atomic E-state index is -0.466. The fraction of sp³-hybridized carbons (Fsp3) is 0.880. The lowest BCUT2D eigenvalue weighted by atomic mass is 9.56. The summed E-state index contributed by atoms with van der Waals surface area (Å²) in [5.74, 6) is 1.82. The van der Waals surface area contributed by atoms with E-state index in [1.807, 2.05) is 0 Å². The van der Waals surface area contributed by atoms with Gasteiger partial charge < -0.3 is 20.1 Å². The number of allylic oxidation sites excluding steroid dienone is 1. The van der Waals surface area contributed by atoms with Gasteiger partial charge in [-0.05, 0) is 81.9 Å². The van der Waals surface area contributed by atoms with E-state index in [-0.39, 0.29) is 22.8 Å². The summed E-state index contributed by atoms with van der Waals surface area (Å²) in [6.45, 7) is 8.82. The van der Waals surface area contributed by atoms with Gasteiger partial charge in [-0.15, -0.1) is 0 Å². The Balaban J connectivity index is 1.82. The Labute approximate surface area is 183 Å². The van der Waals surface area contributed by atoms with Crippen LogP contribution >= 0.6 is 0 Å². The molecule has 0 aromatic heterocycles. The smallest absolute Gasteiger partial charge is 0.226 e. The van der Waals surface area contributed by atoms with Crippen LogP contribution in [0, 0.1) is 22.7 Å². The molecular weight excluding hydrogens is 376 g/mol. The maximum atomic E-state index is 13.7. The third kappa shape index (κ3) is 4.72. The van der Waals surface area contributed by atoms with Crippen LogP contribution in [0.1, 0.15) is 78.6 Å². The third-order valence-corrected chi connectivity index (χ3v) is 8.69. The molecule has 0 spiro atoms. The second kappa shape index (κ2) is 9.60. The van der Waals surface area contributed by atoms with Crippen molar-refractivity contribution in [3.05, 3.63) is 11.8 Å². The highest BCUT2D eigenvalue weighted by Crippen LogP contribution is 2.51. The number of nitrogens with one attached hydrogen (secondary N) is 1. The molecule has 172 valence electrons. The zero-order valence-electron chi connectivity index (χ0n) is 19.9. The largest absolute Gasteiger partial charge is 0.499 e. The molecule has 1 saturated carbocycles. The van der Waals surface area contributed by atoms with E-state index >= 15 is 0 Å². The lowest BCUT2D eigenvalue weighted by Crippen LogP contribution is -2.58. The molecule has 5 heteroatoms. The molecule has 1 heterocycles. The fourth-order valence-corrected chi connectivity index (χ4v) is 6.36. The highest BCUT2D eigenvalue weighted by molar-refractivity contribution is 5.83. The van der Waals surface area contributed by atoms with Crippen molar-refractivity contribution in [2.75, 3.05) is 27.2 Å². The normalized spacial score (nSPS) is 41.4. The lowest BCUT2D eigenvalue weighted by molar-refractivity contribution is -0.144. The van der Waals surface area contributed by atoms with E-state index in [9.17, 15) is 9.90 Å². The SMILES string of the molecule is CCC1NC(=O)C2(C)CCCCC2(C)CN(C)CCC1CC1C=C(OC)C(O)CC1. The van der Waals surface area contributed by atoms with Crippen molar-refractivity contribution >= 4 is 5.91 Å². The number of nitrogens with zero attached hydrogens (tertiary/aromatic N) is 1. The van der Waals surface area contributed by atoms with Gasteiger partial charge in [0, 0.05) is 12.6 Å². The first kappa shape index (κ1) is 23.6. The molecular formula is C25H44N2O3. The zero-order valence-corrected chi connectivity index (χ0v) is 19.9. The van der Waals surface area contributed by atoms with Crippen molar-refractivity contribution < 1.29 is 14.6 Å². The average Bonchev–Trinajstić information content (AvgIpc) is 2.72. The number of aliphatic hydroxyl groups excluding tert-OH is 1. The topological polar surface area (TPSA) is 61.8 Å². The summed E-state index contributed by atoms with van der Waals surface area (Å²) >= 11 is 0. The Bertz CT molecular complexity index is 636. The van der Waals surface area contributed by atoms with Gasteiger partial charge in [0.25, 0.3) is 0 Å². The number of methoxy groups -OCH3 is 1. The number of aliphatic hydroxyl groups is 1. The van der Waals surface area contributed by atoms with Crippen molar-refractivity contribution in [1.82, 2.24) is 10.2 Å². The van der Waals surface area contributed by atoms with E-state index in [1.54, 1.807) is 7.11 Å². The van der Waals surface area contributed by atoms with Gasteiger partial charge in [-0.2, -0.15) is 0 Å². The van der Waals surface area contributed by atoms with Crippen LogP contribution in [0.2, 0.25) is 0 Å². The number of rotatable bonds is 4. The fourth-order valence-electron chi connectivity index (χ4n) is 6.36. The Morgan fingerprint density at radius 3 is 2.67 bits per heavy atom. The molecule has 1 saturated heterocycles. The Morgan fingerprint density at radius 2 is 1.97 bits per heavy atom. The molecule has 2 N–H and O–H groups in total. The van der Waals surface area contributed by atoms with Crippen molar-refractivity contribution in [2.45, 2.75) is 90.7 Å². The number of ether oxygens (including phenoxy) is 1. The van der Waals surface area contributed by atoms with Gasteiger partial charge in [-0.3, -0.25) is 4.79 Å². The van der Waals surface area contributed by atoms with Crippen LogP contribution in [0.5, 0.6) is 0 Å². The highest BCUT2D eigenvalue weighted by Gasteiger charge is 2.52. The van der Waals surface area contributed by atoms with E-state index in [4.69, 9.17) is 4.74 Å². The van der Waals surface area contributed by atoms with Crippen LogP contribution in [0.3, 0.4) is 0 Å². The van der Waals surface area contributed by atoms with E-state index in [1.165, 1.54) is 6.42 Å². The summed E-state index contributed by atoms with van der Waals surface area (Å²) in [6.07, 6.45) is 11.0. The first-order valence-electron chi connectivity index (χ1n) is 12.2. The second-order valence-electron chi connectivity index (χ2n) is 10.7. The number of hydrogen-bond donors (Lipinski definition) is 2. The van der Waals surface area contributed by atoms with Gasteiger partial charge >= 0.3 is 0 Å². The van der Waals surface area contributed by atoms with Gasteiger partial charge in [0.15, 0.2) is 0 Å². The summed E-state index contributed by atoms with van der Waals surface area (Å²) in [4.78, 5) is 16.1. The zero-order chi connectivity index (χ0) is 21.9. The minimum absolute atomic E-state index is 0.0326. The van der Waals surface area contributed by atoms with Crippen molar-refractivity contribution in [2.24, 2.45) is 22.7 Å². The number of carbonyl (C=O) groups excluding carboxylic acids is 1. The molecule has 1 aliphatic heterocycles. The van der Waals surface area contributed by atoms with Gasteiger partial charge in [0.2, 0.25) is 5.91 Å². The Morgan fingerprint density at radius 1 is 1.23 bits per heavy atom. The maximum Gasteiger partial charge on any atom is 0.226 e. The van der Waals surface area contributed by atoms with Crippen LogP contribution in [0.4, 0.5) is 0 Å². The molecule has 6 atom stereocenters. The molecule has 0 bridgehead atoms. The van der Waals surface area contributed by atoms with Gasteiger partial charge in [-0.1, -0.05) is 33.6 Å². The quantitative estimate of drug-likeness (QED) is 0.718. The standard InChI is InChI=1S/C25H44N2O3/c1-6-20-19(15-18-9-10-21(28)22(16-18)30-5)11-14-27(4)17-24(2)12-7-8-13-25(24,3)23(29)26-20/h16,18-21,28H,6-15,17H2,1-5H3,(H,26,29). The molecule has 0 radical (unpaired) electrons. The predicted octanol–water partition coefficient (Wildman–Crippen LogP) is 4.11. The minimum Gasteiger partial charge on any atom is -0.499 e. The predicted molar refractivity (Wildman–Crippen MR) is 121 cm³/mol. The number of hydrogen-bond acceptors (Lipinski definition) is 4. The van der Waals surface area contributed by atoms with Crippen molar-refractivity contribution in [3.8, 4) is 0 Å². The summed E-state index contributed by atoms with van der Waals surface area (Å²) in [5.41, 5.74) is -0.266. The second-order valence-corrected chi connectivity index (χ2v) is 10.7. The molecule has 3 rings (SSSR count). The molecule has 30 heavy (non-hydrogen) atoms. The van der Waals surface area contributed by atoms with Crippen LogP contribution in [-0.4, -0.2) is 55.3 Å². The van der Waals surface area contributed by atoms with Crippen molar-refractivity contribution in [1.29, 1.82) is 0 Å². The molecule has 0 aromatic rings. The van der Waals surface area contributed by atoms with Gasteiger partial charge in [0.1, 0.15) is 11.9 Å². The summed E-state index contributed by atoms with van der Waals surface area (Å²) in [6, 6.07) is 0.207. The molecule has 2 fully saturated rings. The van der Waals surface area contributed by atoms with Crippen LogP contribution in [0.25, 0.3) is 0 Å². The van der Waals surface area contributed by atoms with Crippen LogP contribution in [0.15, 0.2) is 11.8 Å². The van der Waals surface area contributed by atoms with E-state index < -0.39 is 6.10 Å². The van der Waals surface area contributed by atoms with Crippen LogP contribution in [-0.2, 0) is 9.53 Å². The maximum absolute atomic E-state index is 13.7. The summed E-state index contributed by atoms with van der Waals surface area (Å²) in [5, 5.41) is 13.6. The third-order valence-electron chi connectivity index (χ3n) is 8.69. The lowest BCUT2D eigenvalue weighted by Gasteiger charge is -2.52. The molecule has 1 amide bonds. The summed E-state index contributed by atoms with van der Waals surface area (Å²) < 4.78 is 5.41. The Hall–Kier alpha value is -1.07. The van der Waals surface area contributed by atoms with Crippen LogP contribution < -0.4 is 5.32 Å². The van der Waals surface area contributed by atoms with Gasteiger partial charge in [0.05, 0.1) is 12.5 Å². The molecule has 5 nitrogen and oxygen atoms in total. The van der Waals surface area contributed by atoms with E-state index in [0.29, 0.717) is 17.6 Å². The highest BCUT2D eigenvalue weighted by atomic mass is 16.5. The van der Waals surface area contributed by atoms with E-state index in [2.05, 4.69) is 44.1 Å². The van der Waals surface area contributed by atoms with Gasteiger partial charge in [-0.25, -0.2) is 0 Å². The summed E-state index contributed by atoms with van der Waals surface area (Å²) in [7, 11) is 3.88. The molecule has 2 aliphatic carbocycles. The van der Waals surface area contributed by atoms with Crippen molar-refractivity contribution in [3.63, 3.8) is 0 Å². The van der Waals surface area contributed by atoms with E-state index in [0.717, 1.165) is 64.5 Å². The molecule has 3 aliphatic rings. The number of carbonyl (C=O) groups is 1. The number of amides is 1. The molecule has 0 aromatic carbocycles. The first-order valence-corrected chi connectivity index (χ1v) is 12.2. The number of fused-ring (bicyclic) bond motifs is 1. The Kier molecular flexibility index (Phi) is 7.55. The average molecular weight is 421 g/mol. The molecule has 6 unspecified atom stereocenters. The monoisotopic (exact) mass is 420 g/mol. The first-order chi connectivity index (χ1) is 14.2.